The van der Waals surface area contributed by atoms with Crippen LogP contribution >= 0.6 is 0 Å². The molecule has 1 saturated heterocycles. The highest BCUT2D eigenvalue weighted by Crippen LogP contribution is 2.22. The summed E-state index contributed by atoms with van der Waals surface area (Å²) >= 11 is 0. The van der Waals surface area contributed by atoms with E-state index >= 15 is 0 Å². The minimum Gasteiger partial charge on any atom is -0.372 e. The normalized spacial score (nSPS) is 14.2. The largest absolute Gasteiger partial charge is 0.372 e. The molecular weight excluding hydrogens is 296 g/mol. The average molecular weight is 316 g/mol. The second-order valence-electron chi connectivity index (χ2n) is 6.32. The van der Waals surface area contributed by atoms with Gasteiger partial charge in [0.25, 0.3) is 0 Å². The van der Waals surface area contributed by atoms with E-state index in [1.165, 1.54) is 18.5 Å². The molecule has 0 radical (unpaired) electrons. The third kappa shape index (κ3) is 2.90. The number of carbonyl (C=O) groups is 1. The topological polar surface area (TPSA) is 33.2 Å². The minimum absolute atomic E-state index is 0.117. The van der Waals surface area contributed by atoms with E-state index < -0.39 is 0 Å². The number of rotatable bonds is 4. The lowest BCUT2D eigenvalue weighted by atomic mass is 10.0. The van der Waals surface area contributed by atoms with Crippen LogP contribution in [0.5, 0.6) is 0 Å². The number of anilines is 1. The van der Waals surface area contributed by atoms with Crippen LogP contribution in [0.1, 0.15) is 28.9 Å². The fourth-order valence-electron chi connectivity index (χ4n) is 3.41. The molecule has 0 bridgehead atoms. The lowest BCUT2D eigenvalue weighted by Crippen LogP contribution is -2.17. The summed E-state index contributed by atoms with van der Waals surface area (Å²) in [5, 5.41) is 2.18. The fraction of sp³-hybridized carbons (Fsp3) is 0.238. The Labute approximate surface area is 141 Å². The Morgan fingerprint density at radius 1 is 0.958 bits per heavy atom. The van der Waals surface area contributed by atoms with Gasteiger partial charge in [-0.25, -0.2) is 0 Å². The van der Waals surface area contributed by atoms with Crippen molar-refractivity contribution in [1.29, 1.82) is 0 Å². The summed E-state index contributed by atoms with van der Waals surface area (Å²) in [5.41, 5.74) is 2.82. The van der Waals surface area contributed by atoms with Gasteiger partial charge < -0.3 is 4.90 Å². The third-order valence-corrected chi connectivity index (χ3v) is 4.74. The zero-order valence-electron chi connectivity index (χ0n) is 13.6. The summed E-state index contributed by atoms with van der Waals surface area (Å²) < 4.78 is 0. The standard InChI is InChI=1S/C21H20N2O/c24-21(15-20-19-6-2-1-5-16(19)11-12-22-20)17-7-9-18(10-8-17)23-13-3-4-14-23/h1-2,5-12H,3-4,13-15H2. The van der Waals surface area contributed by atoms with Crippen molar-refractivity contribution in [3.8, 4) is 0 Å². The number of nitrogens with zero attached hydrogens (tertiary/aromatic N) is 2. The van der Waals surface area contributed by atoms with Crippen molar-refractivity contribution >= 4 is 22.2 Å². The summed E-state index contributed by atoms with van der Waals surface area (Å²) in [4.78, 5) is 19.4. The van der Waals surface area contributed by atoms with Crippen molar-refractivity contribution in [2.75, 3.05) is 18.0 Å². The average Bonchev–Trinajstić information content (AvgIpc) is 3.17. The van der Waals surface area contributed by atoms with Crippen LogP contribution in [0.15, 0.2) is 60.8 Å². The van der Waals surface area contributed by atoms with E-state index in [1.807, 2.05) is 36.4 Å². The number of ketones is 1. The molecule has 1 aliphatic heterocycles. The highest BCUT2D eigenvalue weighted by molar-refractivity contribution is 5.99. The second-order valence-corrected chi connectivity index (χ2v) is 6.32. The summed E-state index contributed by atoms with van der Waals surface area (Å²) in [7, 11) is 0. The number of hydrogen-bond acceptors (Lipinski definition) is 3. The van der Waals surface area contributed by atoms with Gasteiger partial charge in [0.15, 0.2) is 5.78 Å². The summed E-state index contributed by atoms with van der Waals surface area (Å²) in [5.74, 6) is 0.117. The van der Waals surface area contributed by atoms with Gasteiger partial charge in [-0.2, -0.15) is 0 Å². The van der Waals surface area contributed by atoms with Gasteiger partial charge in [0.1, 0.15) is 0 Å². The number of benzene rings is 2. The minimum atomic E-state index is 0.117. The fourth-order valence-corrected chi connectivity index (χ4v) is 3.41. The van der Waals surface area contributed by atoms with Crippen molar-refractivity contribution in [2.24, 2.45) is 0 Å². The molecule has 3 nitrogen and oxygen atoms in total. The first-order valence-corrected chi connectivity index (χ1v) is 8.52. The van der Waals surface area contributed by atoms with Crippen LogP contribution in [-0.2, 0) is 6.42 Å². The van der Waals surface area contributed by atoms with Gasteiger partial charge >= 0.3 is 0 Å². The number of pyridine rings is 1. The van der Waals surface area contributed by atoms with E-state index in [2.05, 4.69) is 28.1 Å². The first-order valence-electron chi connectivity index (χ1n) is 8.52. The Balaban J connectivity index is 1.55. The smallest absolute Gasteiger partial charge is 0.168 e. The van der Waals surface area contributed by atoms with Crippen LogP contribution in [0.3, 0.4) is 0 Å². The summed E-state index contributed by atoms with van der Waals surface area (Å²) in [6, 6.07) is 18.1. The van der Waals surface area contributed by atoms with Gasteiger partial charge in [-0.1, -0.05) is 24.3 Å². The molecule has 0 saturated carbocycles. The van der Waals surface area contributed by atoms with Crippen LogP contribution in [0, 0.1) is 0 Å². The SMILES string of the molecule is O=C(Cc1nccc2ccccc12)c1ccc(N2CCCC2)cc1. The van der Waals surface area contributed by atoms with Gasteiger partial charge in [-0.3, -0.25) is 9.78 Å². The number of aromatic nitrogens is 1. The van der Waals surface area contributed by atoms with Crippen molar-refractivity contribution in [2.45, 2.75) is 19.3 Å². The van der Waals surface area contributed by atoms with Gasteiger partial charge in [0, 0.05) is 35.9 Å². The van der Waals surface area contributed by atoms with Gasteiger partial charge in [0.2, 0.25) is 0 Å². The van der Waals surface area contributed by atoms with Crippen LogP contribution in [-0.4, -0.2) is 23.9 Å². The van der Waals surface area contributed by atoms with Crippen molar-refractivity contribution < 1.29 is 4.79 Å². The maximum absolute atomic E-state index is 12.6. The van der Waals surface area contributed by atoms with Crippen LogP contribution < -0.4 is 4.90 Å². The quantitative estimate of drug-likeness (QED) is 0.674. The molecule has 1 aliphatic rings. The molecule has 1 fully saturated rings. The first-order chi connectivity index (χ1) is 11.8. The van der Waals surface area contributed by atoms with Gasteiger partial charge in [-0.05, 0) is 48.6 Å². The van der Waals surface area contributed by atoms with Crippen molar-refractivity contribution in [3.05, 3.63) is 72.1 Å². The summed E-state index contributed by atoms with van der Waals surface area (Å²) in [6.45, 7) is 2.24. The molecule has 0 unspecified atom stereocenters. The molecule has 0 amide bonds. The van der Waals surface area contributed by atoms with Crippen molar-refractivity contribution in [3.63, 3.8) is 0 Å². The monoisotopic (exact) mass is 316 g/mol. The van der Waals surface area contributed by atoms with E-state index in [0.717, 1.165) is 35.1 Å². The molecule has 24 heavy (non-hydrogen) atoms. The molecule has 3 aromatic rings. The molecule has 0 atom stereocenters. The molecule has 4 rings (SSSR count). The molecule has 3 heteroatoms. The van der Waals surface area contributed by atoms with E-state index in [1.54, 1.807) is 6.20 Å². The predicted molar refractivity (Wildman–Crippen MR) is 97.7 cm³/mol. The summed E-state index contributed by atoms with van der Waals surface area (Å²) in [6.07, 6.45) is 4.63. The van der Waals surface area contributed by atoms with E-state index in [-0.39, 0.29) is 5.78 Å². The molecule has 0 N–H and O–H groups in total. The Bertz CT molecular complexity index is 859. The highest BCUT2D eigenvalue weighted by Gasteiger charge is 2.14. The number of Topliss-reactive ketones (excluding diaryl/α,β-unsaturated/α-hetero) is 1. The molecular formula is C21H20N2O. The second kappa shape index (κ2) is 6.44. The van der Waals surface area contributed by atoms with Gasteiger partial charge in [0.05, 0.1) is 12.1 Å². The molecule has 0 spiro atoms. The zero-order valence-corrected chi connectivity index (χ0v) is 13.6. The zero-order chi connectivity index (χ0) is 16.4. The maximum atomic E-state index is 12.6. The number of hydrogen-bond donors (Lipinski definition) is 0. The van der Waals surface area contributed by atoms with Crippen LogP contribution in [0.4, 0.5) is 5.69 Å². The Morgan fingerprint density at radius 2 is 1.71 bits per heavy atom. The number of fused-ring (bicyclic) bond motifs is 1. The maximum Gasteiger partial charge on any atom is 0.168 e. The molecule has 0 aliphatic carbocycles. The predicted octanol–water partition coefficient (Wildman–Crippen LogP) is 4.26. The Hall–Kier alpha value is -2.68. The Kier molecular flexibility index (Phi) is 3.99. The van der Waals surface area contributed by atoms with E-state index in [9.17, 15) is 4.79 Å². The van der Waals surface area contributed by atoms with Crippen molar-refractivity contribution in [1.82, 2.24) is 4.98 Å². The highest BCUT2D eigenvalue weighted by atomic mass is 16.1. The van der Waals surface area contributed by atoms with Crippen LogP contribution in [0.25, 0.3) is 10.8 Å². The van der Waals surface area contributed by atoms with E-state index in [0.29, 0.717) is 6.42 Å². The first kappa shape index (κ1) is 14.9. The van der Waals surface area contributed by atoms with Gasteiger partial charge in [-0.15, -0.1) is 0 Å². The lowest BCUT2D eigenvalue weighted by Gasteiger charge is -2.17. The molecule has 2 heterocycles. The molecule has 1 aromatic heterocycles. The lowest BCUT2D eigenvalue weighted by molar-refractivity contribution is 0.0992. The molecule has 2 aromatic carbocycles. The third-order valence-electron chi connectivity index (χ3n) is 4.74. The molecule has 120 valence electrons. The number of carbonyl (C=O) groups excluding carboxylic acids is 1. The Morgan fingerprint density at radius 3 is 2.50 bits per heavy atom. The van der Waals surface area contributed by atoms with Crippen LogP contribution in [0.2, 0.25) is 0 Å². The van der Waals surface area contributed by atoms with E-state index in [4.69, 9.17) is 0 Å².